The summed E-state index contributed by atoms with van der Waals surface area (Å²) in [4.78, 5) is 5.21. The summed E-state index contributed by atoms with van der Waals surface area (Å²) >= 11 is 0. The van der Waals surface area contributed by atoms with Crippen LogP contribution in [-0.4, -0.2) is 49.6 Å². The van der Waals surface area contributed by atoms with Gasteiger partial charge in [0.25, 0.3) is 0 Å². The van der Waals surface area contributed by atoms with E-state index < -0.39 is 0 Å². The van der Waals surface area contributed by atoms with E-state index in [0.717, 1.165) is 5.92 Å². The molecule has 0 spiro atoms. The molecule has 0 aliphatic carbocycles. The topological polar surface area (TPSA) is 6.48 Å². The summed E-state index contributed by atoms with van der Waals surface area (Å²) in [7, 11) is 2.26. The SMILES string of the molecule is CCCCCCCC(CCCCCCC)CN1CCN(C)CC1. The Hall–Kier alpha value is -0.0800. The third kappa shape index (κ3) is 11.2. The molecule has 1 saturated heterocycles. The van der Waals surface area contributed by atoms with Crippen molar-refractivity contribution >= 4 is 0 Å². The molecule has 2 heteroatoms. The van der Waals surface area contributed by atoms with Crippen LogP contribution in [0.25, 0.3) is 0 Å². The Morgan fingerprint density at radius 1 is 0.652 bits per heavy atom. The summed E-state index contributed by atoms with van der Waals surface area (Å²) in [6, 6.07) is 0. The largest absolute Gasteiger partial charge is 0.304 e. The van der Waals surface area contributed by atoms with E-state index in [1.54, 1.807) is 0 Å². The number of rotatable bonds is 14. The first-order valence-corrected chi connectivity index (χ1v) is 10.7. The zero-order valence-electron chi connectivity index (χ0n) is 16.5. The molecule has 0 radical (unpaired) electrons. The average molecular weight is 325 g/mol. The third-order valence-electron chi connectivity index (χ3n) is 5.54. The number of hydrogen-bond acceptors (Lipinski definition) is 2. The molecule has 0 aromatic heterocycles. The second-order valence-electron chi connectivity index (χ2n) is 7.88. The van der Waals surface area contributed by atoms with Crippen molar-refractivity contribution in [1.29, 1.82) is 0 Å². The summed E-state index contributed by atoms with van der Waals surface area (Å²) in [6.07, 6.45) is 17.3. The highest BCUT2D eigenvalue weighted by molar-refractivity contribution is 4.73. The fourth-order valence-corrected chi connectivity index (χ4v) is 3.80. The van der Waals surface area contributed by atoms with Crippen molar-refractivity contribution < 1.29 is 0 Å². The molecule has 1 heterocycles. The van der Waals surface area contributed by atoms with Gasteiger partial charge in [0.2, 0.25) is 0 Å². The fraction of sp³-hybridized carbons (Fsp3) is 1.00. The highest BCUT2D eigenvalue weighted by Crippen LogP contribution is 2.20. The molecular weight excluding hydrogens is 280 g/mol. The minimum Gasteiger partial charge on any atom is -0.304 e. The first-order valence-electron chi connectivity index (χ1n) is 10.7. The monoisotopic (exact) mass is 324 g/mol. The summed E-state index contributed by atoms with van der Waals surface area (Å²) in [5, 5.41) is 0. The van der Waals surface area contributed by atoms with Gasteiger partial charge < -0.3 is 9.80 Å². The number of piperazine rings is 1. The second kappa shape index (κ2) is 14.3. The van der Waals surface area contributed by atoms with Gasteiger partial charge in [0.15, 0.2) is 0 Å². The van der Waals surface area contributed by atoms with Gasteiger partial charge in [-0.25, -0.2) is 0 Å². The van der Waals surface area contributed by atoms with Crippen molar-refractivity contribution in [2.45, 2.75) is 90.9 Å². The molecule has 1 rings (SSSR count). The fourth-order valence-electron chi connectivity index (χ4n) is 3.80. The summed E-state index contributed by atoms with van der Waals surface area (Å²) in [6.45, 7) is 11.1. The first kappa shape index (κ1) is 21.0. The summed E-state index contributed by atoms with van der Waals surface area (Å²) in [5.41, 5.74) is 0. The van der Waals surface area contributed by atoms with Crippen LogP contribution in [0.1, 0.15) is 90.9 Å². The van der Waals surface area contributed by atoms with E-state index in [1.807, 2.05) is 0 Å². The molecule has 1 aliphatic heterocycles. The lowest BCUT2D eigenvalue weighted by molar-refractivity contribution is 0.130. The third-order valence-corrected chi connectivity index (χ3v) is 5.54. The summed E-state index contributed by atoms with van der Waals surface area (Å²) in [5.74, 6) is 0.960. The van der Waals surface area contributed by atoms with Gasteiger partial charge in [-0.15, -0.1) is 0 Å². The molecule has 0 atom stereocenters. The summed E-state index contributed by atoms with van der Waals surface area (Å²) < 4.78 is 0. The molecule has 0 N–H and O–H groups in total. The lowest BCUT2D eigenvalue weighted by atomic mass is 9.93. The van der Waals surface area contributed by atoms with Crippen LogP contribution >= 0.6 is 0 Å². The van der Waals surface area contributed by atoms with Crippen LogP contribution in [0.15, 0.2) is 0 Å². The van der Waals surface area contributed by atoms with Gasteiger partial charge in [-0.05, 0) is 25.8 Å². The molecule has 0 aromatic carbocycles. The van der Waals surface area contributed by atoms with Crippen molar-refractivity contribution in [2.24, 2.45) is 5.92 Å². The normalized spacial score (nSPS) is 17.2. The maximum absolute atomic E-state index is 2.74. The van der Waals surface area contributed by atoms with Crippen molar-refractivity contribution in [3.05, 3.63) is 0 Å². The van der Waals surface area contributed by atoms with Crippen LogP contribution in [0.3, 0.4) is 0 Å². The van der Waals surface area contributed by atoms with E-state index in [2.05, 4.69) is 30.7 Å². The Kier molecular flexibility index (Phi) is 13.0. The van der Waals surface area contributed by atoms with Crippen molar-refractivity contribution in [3.8, 4) is 0 Å². The van der Waals surface area contributed by atoms with Gasteiger partial charge in [0, 0.05) is 32.7 Å². The van der Waals surface area contributed by atoms with Crippen molar-refractivity contribution in [3.63, 3.8) is 0 Å². The van der Waals surface area contributed by atoms with Crippen LogP contribution in [0, 0.1) is 5.92 Å². The molecule has 2 nitrogen and oxygen atoms in total. The number of hydrogen-bond donors (Lipinski definition) is 0. The van der Waals surface area contributed by atoms with E-state index in [4.69, 9.17) is 0 Å². The Morgan fingerprint density at radius 2 is 1.13 bits per heavy atom. The molecule has 0 saturated carbocycles. The first-order chi connectivity index (χ1) is 11.3. The minimum atomic E-state index is 0.960. The van der Waals surface area contributed by atoms with Crippen molar-refractivity contribution in [1.82, 2.24) is 9.80 Å². The zero-order chi connectivity index (χ0) is 16.8. The smallest absolute Gasteiger partial charge is 0.0110 e. The van der Waals surface area contributed by atoms with Crippen LogP contribution in [-0.2, 0) is 0 Å². The molecule has 0 amide bonds. The van der Waals surface area contributed by atoms with Gasteiger partial charge in [0.05, 0.1) is 0 Å². The standard InChI is InChI=1S/C21H44N2/c1-4-6-8-10-12-14-21(15-13-11-9-7-5-2)20-23-18-16-22(3)17-19-23/h21H,4-20H2,1-3H3. The lowest BCUT2D eigenvalue weighted by Crippen LogP contribution is -2.46. The van der Waals surface area contributed by atoms with E-state index in [1.165, 1.54) is 110 Å². The second-order valence-corrected chi connectivity index (χ2v) is 7.88. The molecule has 1 aliphatic rings. The Labute approximate surface area is 147 Å². The zero-order valence-corrected chi connectivity index (χ0v) is 16.5. The molecule has 1 fully saturated rings. The van der Waals surface area contributed by atoms with Gasteiger partial charge in [0.1, 0.15) is 0 Å². The maximum Gasteiger partial charge on any atom is 0.0110 e. The van der Waals surface area contributed by atoms with Gasteiger partial charge in [-0.3, -0.25) is 0 Å². The number of unbranched alkanes of at least 4 members (excludes halogenated alkanes) is 8. The number of likely N-dealkylation sites (N-methyl/N-ethyl adjacent to an activating group) is 1. The van der Waals surface area contributed by atoms with Crippen molar-refractivity contribution in [2.75, 3.05) is 39.8 Å². The molecule has 138 valence electrons. The van der Waals surface area contributed by atoms with Crippen LogP contribution < -0.4 is 0 Å². The van der Waals surface area contributed by atoms with Gasteiger partial charge in [-0.2, -0.15) is 0 Å². The molecular formula is C21H44N2. The average Bonchev–Trinajstić information content (AvgIpc) is 2.56. The van der Waals surface area contributed by atoms with E-state index in [0.29, 0.717) is 0 Å². The highest BCUT2D eigenvalue weighted by atomic mass is 15.2. The van der Waals surface area contributed by atoms with E-state index >= 15 is 0 Å². The molecule has 0 bridgehead atoms. The molecule has 0 aromatic rings. The van der Waals surface area contributed by atoms with Gasteiger partial charge in [-0.1, -0.05) is 78.1 Å². The Balaban J connectivity index is 2.22. The maximum atomic E-state index is 2.74. The molecule has 0 unspecified atom stereocenters. The predicted octanol–water partition coefficient (Wildman–Crippen LogP) is 5.57. The number of nitrogens with zero attached hydrogens (tertiary/aromatic N) is 2. The molecule has 23 heavy (non-hydrogen) atoms. The Bertz CT molecular complexity index is 232. The van der Waals surface area contributed by atoms with Gasteiger partial charge >= 0.3 is 0 Å². The van der Waals surface area contributed by atoms with Crippen LogP contribution in [0.2, 0.25) is 0 Å². The predicted molar refractivity (Wildman–Crippen MR) is 104 cm³/mol. The Morgan fingerprint density at radius 3 is 1.61 bits per heavy atom. The minimum absolute atomic E-state index is 0.960. The highest BCUT2D eigenvalue weighted by Gasteiger charge is 2.18. The van der Waals surface area contributed by atoms with Crippen LogP contribution in [0.4, 0.5) is 0 Å². The quantitative estimate of drug-likeness (QED) is 0.385. The van der Waals surface area contributed by atoms with E-state index in [9.17, 15) is 0 Å². The van der Waals surface area contributed by atoms with E-state index in [-0.39, 0.29) is 0 Å². The van der Waals surface area contributed by atoms with Crippen LogP contribution in [0.5, 0.6) is 0 Å². The lowest BCUT2D eigenvalue weighted by Gasteiger charge is -2.34.